The van der Waals surface area contributed by atoms with E-state index in [0.29, 0.717) is 6.04 Å². The number of hydrogen-bond donors (Lipinski definition) is 1. The first kappa shape index (κ1) is 12.0. The van der Waals surface area contributed by atoms with Crippen molar-refractivity contribution in [1.29, 1.82) is 0 Å². The van der Waals surface area contributed by atoms with Gasteiger partial charge in [-0.05, 0) is 26.5 Å². The van der Waals surface area contributed by atoms with Crippen LogP contribution >= 0.6 is 11.8 Å². The van der Waals surface area contributed by atoms with Crippen molar-refractivity contribution >= 4 is 11.8 Å². The molecule has 0 aromatic heterocycles. The lowest BCUT2D eigenvalue weighted by Gasteiger charge is -2.13. The van der Waals surface area contributed by atoms with Gasteiger partial charge < -0.3 is 5.32 Å². The van der Waals surface area contributed by atoms with Crippen molar-refractivity contribution in [2.75, 3.05) is 18.6 Å². The second kappa shape index (κ2) is 7.69. The van der Waals surface area contributed by atoms with Gasteiger partial charge in [0.2, 0.25) is 0 Å². The van der Waals surface area contributed by atoms with Crippen molar-refractivity contribution in [1.82, 2.24) is 5.32 Å². The summed E-state index contributed by atoms with van der Waals surface area (Å²) in [4.78, 5) is 0. The van der Waals surface area contributed by atoms with Crippen LogP contribution in [0.2, 0.25) is 0 Å². The second-order valence-electron chi connectivity index (χ2n) is 3.25. The molecular weight excluding hydrogens is 166 g/mol. The van der Waals surface area contributed by atoms with Crippen LogP contribution < -0.4 is 5.32 Å². The van der Waals surface area contributed by atoms with Gasteiger partial charge >= 0.3 is 0 Å². The Kier molecular flexibility index (Phi) is 7.72. The van der Waals surface area contributed by atoms with Crippen molar-refractivity contribution < 1.29 is 0 Å². The van der Waals surface area contributed by atoms with E-state index in [4.69, 9.17) is 0 Å². The zero-order valence-corrected chi connectivity index (χ0v) is 9.50. The van der Waals surface area contributed by atoms with Gasteiger partial charge in [0, 0.05) is 18.3 Å². The van der Waals surface area contributed by atoms with E-state index < -0.39 is 0 Å². The average molecular weight is 187 g/mol. The van der Waals surface area contributed by atoms with Gasteiger partial charge in [-0.1, -0.05) is 18.6 Å². The van der Waals surface area contributed by atoms with Crippen molar-refractivity contribution in [2.24, 2.45) is 0 Å². The molecule has 72 valence electrons. The van der Waals surface area contributed by atoms with Gasteiger partial charge in [0.25, 0.3) is 0 Å². The number of nitrogens with one attached hydrogen (secondary N) is 1. The molecule has 0 aromatic rings. The van der Waals surface area contributed by atoms with Crippen molar-refractivity contribution in [3.8, 4) is 0 Å². The fraction of sp³-hybridized carbons (Fsp3) is 0.800. The summed E-state index contributed by atoms with van der Waals surface area (Å²) in [5.41, 5.74) is 1.39. The lowest BCUT2D eigenvalue weighted by atomic mass is 10.2. The molecule has 1 atom stereocenters. The molecule has 0 aliphatic rings. The van der Waals surface area contributed by atoms with Crippen LogP contribution in [0.3, 0.4) is 0 Å². The van der Waals surface area contributed by atoms with E-state index >= 15 is 0 Å². The first-order valence-corrected chi connectivity index (χ1v) is 5.95. The number of rotatable bonds is 6. The second-order valence-corrected chi connectivity index (χ2v) is 4.16. The third-order valence-electron chi connectivity index (χ3n) is 1.78. The minimum Gasteiger partial charge on any atom is -0.310 e. The summed E-state index contributed by atoms with van der Waals surface area (Å²) in [5.74, 6) is 1.22. The first-order valence-electron chi connectivity index (χ1n) is 4.56. The Morgan fingerprint density at radius 1 is 1.50 bits per heavy atom. The Bertz CT molecular complexity index is 128. The number of allylic oxidation sites excluding steroid dienone is 1. The molecule has 0 heterocycles. The van der Waals surface area contributed by atoms with E-state index in [1.807, 2.05) is 11.8 Å². The highest BCUT2D eigenvalue weighted by Gasteiger charge is 2.01. The summed E-state index contributed by atoms with van der Waals surface area (Å²) in [6.07, 6.45) is 5.62. The summed E-state index contributed by atoms with van der Waals surface area (Å²) in [7, 11) is 0. The van der Waals surface area contributed by atoms with Gasteiger partial charge in [0.1, 0.15) is 0 Å². The van der Waals surface area contributed by atoms with Crippen LogP contribution in [0.1, 0.15) is 27.2 Å². The van der Waals surface area contributed by atoms with Gasteiger partial charge in [0.15, 0.2) is 0 Å². The quantitative estimate of drug-likeness (QED) is 0.642. The van der Waals surface area contributed by atoms with E-state index in [0.717, 1.165) is 6.54 Å². The zero-order valence-electron chi connectivity index (χ0n) is 8.68. The molecule has 0 amide bonds. The van der Waals surface area contributed by atoms with Crippen LogP contribution in [0.25, 0.3) is 0 Å². The molecule has 0 bridgehead atoms. The Balaban J connectivity index is 3.51. The summed E-state index contributed by atoms with van der Waals surface area (Å²) in [5, 5.41) is 3.50. The van der Waals surface area contributed by atoms with Crippen molar-refractivity contribution in [3.63, 3.8) is 0 Å². The van der Waals surface area contributed by atoms with E-state index in [2.05, 4.69) is 38.4 Å². The highest BCUT2D eigenvalue weighted by atomic mass is 32.2. The maximum absolute atomic E-state index is 3.50. The normalized spacial score (nSPS) is 12.7. The molecule has 0 saturated carbocycles. The van der Waals surface area contributed by atoms with Crippen LogP contribution in [0.4, 0.5) is 0 Å². The van der Waals surface area contributed by atoms with E-state index in [9.17, 15) is 0 Å². The molecule has 12 heavy (non-hydrogen) atoms. The molecule has 0 aliphatic heterocycles. The molecule has 2 heteroatoms. The molecule has 1 unspecified atom stereocenters. The summed E-state index contributed by atoms with van der Waals surface area (Å²) in [6.45, 7) is 7.52. The lowest BCUT2D eigenvalue weighted by Crippen LogP contribution is -2.30. The van der Waals surface area contributed by atoms with Crippen LogP contribution in [-0.4, -0.2) is 24.6 Å². The van der Waals surface area contributed by atoms with Crippen LogP contribution in [0, 0.1) is 0 Å². The SMILES string of the molecule is CCC(CSC)NCC=C(C)C. The minimum atomic E-state index is 0.676. The topological polar surface area (TPSA) is 12.0 Å². The summed E-state index contributed by atoms with van der Waals surface area (Å²) in [6, 6.07) is 0.676. The monoisotopic (exact) mass is 187 g/mol. The van der Waals surface area contributed by atoms with Crippen LogP contribution in [-0.2, 0) is 0 Å². The Hall–Kier alpha value is 0.0500. The lowest BCUT2D eigenvalue weighted by molar-refractivity contribution is 0.574. The molecule has 1 N–H and O–H groups in total. The van der Waals surface area contributed by atoms with Crippen molar-refractivity contribution in [3.05, 3.63) is 11.6 Å². The third kappa shape index (κ3) is 6.74. The molecule has 1 nitrogen and oxygen atoms in total. The average Bonchev–Trinajstić information content (AvgIpc) is 2.02. The van der Waals surface area contributed by atoms with Gasteiger partial charge in [-0.2, -0.15) is 11.8 Å². The molecule has 0 radical (unpaired) electrons. The molecule has 0 aliphatic carbocycles. The molecular formula is C10H21NS. The number of thioether (sulfide) groups is 1. The Morgan fingerprint density at radius 2 is 2.17 bits per heavy atom. The molecule has 0 spiro atoms. The fourth-order valence-electron chi connectivity index (χ4n) is 0.952. The van der Waals surface area contributed by atoms with E-state index in [1.54, 1.807) is 0 Å². The fourth-order valence-corrected chi connectivity index (χ4v) is 1.71. The molecule has 0 aromatic carbocycles. The standard InChI is InChI=1S/C10H21NS/c1-5-10(8-12-4)11-7-6-9(2)3/h6,10-11H,5,7-8H2,1-4H3. The first-order chi connectivity index (χ1) is 5.70. The summed E-state index contributed by atoms with van der Waals surface area (Å²) >= 11 is 1.91. The smallest absolute Gasteiger partial charge is 0.0158 e. The largest absolute Gasteiger partial charge is 0.310 e. The maximum atomic E-state index is 3.50. The highest BCUT2D eigenvalue weighted by molar-refractivity contribution is 7.98. The molecule has 0 fully saturated rings. The Morgan fingerprint density at radius 3 is 2.58 bits per heavy atom. The van der Waals surface area contributed by atoms with E-state index in [1.165, 1.54) is 17.7 Å². The van der Waals surface area contributed by atoms with Gasteiger partial charge in [-0.15, -0.1) is 0 Å². The predicted octanol–water partition coefficient (Wildman–Crippen LogP) is 2.68. The van der Waals surface area contributed by atoms with Crippen molar-refractivity contribution in [2.45, 2.75) is 33.2 Å². The maximum Gasteiger partial charge on any atom is 0.0158 e. The van der Waals surface area contributed by atoms with E-state index in [-0.39, 0.29) is 0 Å². The van der Waals surface area contributed by atoms with Crippen LogP contribution in [0.15, 0.2) is 11.6 Å². The minimum absolute atomic E-state index is 0.676. The van der Waals surface area contributed by atoms with Gasteiger partial charge in [-0.25, -0.2) is 0 Å². The van der Waals surface area contributed by atoms with Gasteiger partial charge in [-0.3, -0.25) is 0 Å². The third-order valence-corrected chi connectivity index (χ3v) is 2.51. The van der Waals surface area contributed by atoms with Gasteiger partial charge in [0.05, 0.1) is 0 Å². The number of hydrogen-bond acceptors (Lipinski definition) is 2. The Labute approximate surface area is 81.0 Å². The molecule has 0 rings (SSSR count). The highest BCUT2D eigenvalue weighted by Crippen LogP contribution is 2.00. The van der Waals surface area contributed by atoms with Crippen LogP contribution in [0.5, 0.6) is 0 Å². The zero-order chi connectivity index (χ0) is 9.40. The molecule has 0 saturated heterocycles. The predicted molar refractivity (Wildman–Crippen MR) is 59.9 cm³/mol. The summed E-state index contributed by atoms with van der Waals surface area (Å²) < 4.78 is 0.